The van der Waals surface area contributed by atoms with Gasteiger partial charge in [-0.2, -0.15) is 0 Å². The van der Waals surface area contributed by atoms with Crippen molar-refractivity contribution in [2.75, 3.05) is 0 Å². The molecule has 4 heteroatoms. The molecule has 0 bridgehead atoms. The first-order valence-electron chi connectivity index (χ1n) is 13.5. The molecule has 0 saturated heterocycles. The summed E-state index contributed by atoms with van der Waals surface area (Å²) in [6.45, 7) is 27.0. The van der Waals surface area contributed by atoms with Crippen LogP contribution in [0.25, 0.3) is 22.3 Å². The van der Waals surface area contributed by atoms with Crippen molar-refractivity contribution in [1.29, 1.82) is 0 Å². The van der Waals surface area contributed by atoms with Gasteiger partial charge in [0.15, 0.2) is 0 Å². The van der Waals surface area contributed by atoms with Crippen molar-refractivity contribution in [1.82, 2.24) is 0 Å². The molecule has 1 N–H and O–H groups in total. The lowest BCUT2D eigenvalue weighted by Crippen LogP contribution is -2.17. The van der Waals surface area contributed by atoms with Crippen LogP contribution in [0.15, 0.2) is 53.0 Å². The summed E-state index contributed by atoms with van der Waals surface area (Å²) in [5, 5.41) is 9.78. The van der Waals surface area contributed by atoms with E-state index in [-0.39, 0.29) is 21.7 Å². The van der Waals surface area contributed by atoms with Crippen molar-refractivity contribution in [3.8, 4) is 28.0 Å². The second kappa shape index (κ2) is 10.5. The molecule has 0 aliphatic rings. The number of hydrogen-bond donors (Lipinski definition) is 1. The highest BCUT2D eigenvalue weighted by molar-refractivity contribution is 9.10. The minimum atomic E-state index is -0.00589. The summed E-state index contributed by atoms with van der Waals surface area (Å²) in [4.78, 5) is 0. The topological polar surface area (TPSA) is 29.5 Å². The van der Waals surface area contributed by atoms with Crippen molar-refractivity contribution in [2.24, 2.45) is 0 Å². The molecular formula is C34H45BBrO2. The number of rotatable bonds is 4. The van der Waals surface area contributed by atoms with E-state index in [4.69, 9.17) is 4.65 Å². The smallest absolute Gasteiger partial charge is 0.536 e. The van der Waals surface area contributed by atoms with Gasteiger partial charge in [0.25, 0.3) is 0 Å². The van der Waals surface area contributed by atoms with Crippen LogP contribution >= 0.6 is 15.9 Å². The van der Waals surface area contributed by atoms with Crippen molar-refractivity contribution in [2.45, 2.75) is 105 Å². The Morgan fingerprint density at radius 3 is 1.18 bits per heavy atom. The van der Waals surface area contributed by atoms with Crippen molar-refractivity contribution in [3.05, 3.63) is 75.3 Å². The van der Waals surface area contributed by atoms with E-state index in [0.717, 1.165) is 34.4 Å². The van der Waals surface area contributed by atoms with Crippen molar-refractivity contribution in [3.63, 3.8) is 0 Å². The Hall–Kier alpha value is -2.04. The lowest BCUT2D eigenvalue weighted by molar-refractivity contribution is 0.453. The fourth-order valence-electron chi connectivity index (χ4n) is 4.47. The summed E-state index contributed by atoms with van der Waals surface area (Å²) in [5.41, 5.74) is 9.30. The quantitative estimate of drug-likeness (QED) is 0.313. The third kappa shape index (κ3) is 6.75. The largest absolute Gasteiger partial charge is 0.569 e. The summed E-state index contributed by atoms with van der Waals surface area (Å²) in [7, 11) is 0.776. The molecule has 1 radical (unpaired) electrons. The molecule has 3 aromatic rings. The van der Waals surface area contributed by atoms with E-state index in [1.54, 1.807) is 0 Å². The molecule has 0 saturated carbocycles. The van der Waals surface area contributed by atoms with E-state index in [9.17, 15) is 5.02 Å². The maximum Gasteiger partial charge on any atom is 0.569 e. The SMILES string of the molecule is CC(C)(C)c1cc(-c2ccc(-c3cc(C(C)(C)C)cc(C(C)(C)C)c3)c(O[B]O)c2Br)cc(C(C)(C)C)c1. The molecule has 0 heterocycles. The summed E-state index contributed by atoms with van der Waals surface area (Å²) in [5.74, 6) is 0.606. The third-order valence-corrected chi connectivity index (χ3v) is 8.01. The first-order chi connectivity index (χ1) is 17.2. The zero-order valence-corrected chi connectivity index (χ0v) is 27.0. The van der Waals surface area contributed by atoms with Gasteiger partial charge in [-0.25, -0.2) is 0 Å². The fraction of sp³-hybridized carbons (Fsp3) is 0.471. The molecule has 2 nitrogen and oxygen atoms in total. The van der Waals surface area contributed by atoms with Gasteiger partial charge in [-0.1, -0.05) is 132 Å². The second-order valence-electron chi connectivity index (χ2n) is 14.6. The maximum absolute atomic E-state index is 9.78. The lowest BCUT2D eigenvalue weighted by Gasteiger charge is -2.27. The molecule has 0 unspecified atom stereocenters. The molecule has 3 aromatic carbocycles. The predicted molar refractivity (Wildman–Crippen MR) is 168 cm³/mol. The minimum Gasteiger partial charge on any atom is -0.536 e. The summed E-state index contributed by atoms with van der Waals surface area (Å²) >= 11 is 3.88. The van der Waals surface area contributed by atoms with Gasteiger partial charge in [-0.3, -0.25) is 0 Å². The van der Waals surface area contributed by atoms with Gasteiger partial charge >= 0.3 is 7.69 Å². The summed E-state index contributed by atoms with van der Waals surface area (Å²) < 4.78 is 6.64. The van der Waals surface area contributed by atoms with Crippen LogP contribution in [0, 0.1) is 0 Å². The lowest BCUT2D eigenvalue weighted by atomic mass is 9.78. The Balaban J connectivity index is 2.32. The first-order valence-corrected chi connectivity index (χ1v) is 14.3. The molecule has 0 atom stereocenters. The molecular weight excluding hydrogens is 531 g/mol. The molecule has 203 valence electrons. The molecule has 3 rings (SSSR count). The van der Waals surface area contributed by atoms with Gasteiger partial charge < -0.3 is 9.68 Å². The van der Waals surface area contributed by atoms with Crippen LogP contribution in [0.3, 0.4) is 0 Å². The molecule has 0 aliphatic heterocycles. The van der Waals surface area contributed by atoms with Crippen LogP contribution in [-0.2, 0) is 21.7 Å². The van der Waals surface area contributed by atoms with E-state index in [2.05, 4.69) is 148 Å². The average molecular weight is 576 g/mol. The van der Waals surface area contributed by atoms with Crippen LogP contribution in [0.4, 0.5) is 0 Å². The van der Waals surface area contributed by atoms with Crippen LogP contribution in [0.2, 0.25) is 0 Å². The van der Waals surface area contributed by atoms with E-state index in [1.807, 2.05) is 0 Å². The second-order valence-corrected chi connectivity index (χ2v) is 15.4. The van der Waals surface area contributed by atoms with Gasteiger partial charge in [0.2, 0.25) is 0 Å². The van der Waals surface area contributed by atoms with E-state index >= 15 is 0 Å². The van der Waals surface area contributed by atoms with Crippen LogP contribution in [0.1, 0.15) is 105 Å². The maximum atomic E-state index is 9.78. The standard InChI is InChI=1S/C34H45BBrO2/c1-31(2,3)23-15-21(16-24(19-23)32(4,5)6)27-13-14-28(30(29(27)36)38-35-37)22-17-25(33(7,8)9)20-26(18-22)34(10,11)12/h13-20,37H,1-12H3. The van der Waals surface area contributed by atoms with E-state index in [1.165, 1.54) is 22.3 Å². The zero-order chi connectivity index (χ0) is 28.8. The van der Waals surface area contributed by atoms with Gasteiger partial charge in [-0.05, 0) is 76.5 Å². The summed E-state index contributed by atoms with van der Waals surface area (Å²) in [6, 6.07) is 18.0. The highest BCUT2D eigenvalue weighted by Crippen LogP contribution is 2.45. The van der Waals surface area contributed by atoms with Crippen LogP contribution < -0.4 is 4.65 Å². The predicted octanol–water partition coefficient (Wildman–Crippen LogP) is 9.88. The Morgan fingerprint density at radius 1 is 0.553 bits per heavy atom. The molecule has 0 spiro atoms. The highest BCUT2D eigenvalue weighted by Gasteiger charge is 2.25. The van der Waals surface area contributed by atoms with Crippen molar-refractivity contribution >= 4 is 23.6 Å². The van der Waals surface area contributed by atoms with Crippen molar-refractivity contribution < 1.29 is 9.68 Å². The molecule has 0 amide bonds. The molecule has 38 heavy (non-hydrogen) atoms. The van der Waals surface area contributed by atoms with E-state index < -0.39 is 0 Å². The molecule has 0 aliphatic carbocycles. The average Bonchev–Trinajstić information content (AvgIpc) is 2.77. The van der Waals surface area contributed by atoms with Gasteiger partial charge in [0.05, 0.1) is 4.47 Å². The van der Waals surface area contributed by atoms with Gasteiger partial charge in [0, 0.05) is 5.56 Å². The normalized spacial score (nSPS) is 13.0. The minimum absolute atomic E-state index is 0.00589. The fourth-order valence-corrected chi connectivity index (χ4v) is 5.14. The Bertz CT molecular complexity index is 1250. The van der Waals surface area contributed by atoms with Crippen LogP contribution in [-0.4, -0.2) is 12.7 Å². The Morgan fingerprint density at radius 2 is 0.868 bits per heavy atom. The Labute approximate surface area is 240 Å². The number of halogens is 1. The third-order valence-electron chi connectivity index (χ3n) is 7.22. The number of benzene rings is 3. The van der Waals surface area contributed by atoms with Gasteiger partial charge in [0.1, 0.15) is 5.75 Å². The highest BCUT2D eigenvalue weighted by atomic mass is 79.9. The zero-order valence-electron chi connectivity index (χ0n) is 25.4. The molecule has 0 fully saturated rings. The monoisotopic (exact) mass is 575 g/mol. The first kappa shape index (κ1) is 30.5. The number of hydrogen-bond acceptors (Lipinski definition) is 2. The molecule has 0 aromatic heterocycles. The summed E-state index contributed by atoms with van der Waals surface area (Å²) in [6.07, 6.45) is 0. The van der Waals surface area contributed by atoms with Gasteiger partial charge in [-0.15, -0.1) is 0 Å². The Kier molecular flexibility index (Phi) is 8.43. The van der Waals surface area contributed by atoms with Crippen LogP contribution in [0.5, 0.6) is 5.75 Å². The van der Waals surface area contributed by atoms with E-state index in [0.29, 0.717) is 5.75 Å².